The summed E-state index contributed by atoms with van der Waals surface area (Å²) in [4.78, 5) is 12.4. The van der Waals surface area contributed by atoms with Gasteiger partial charge in [-0.15, -0.1) is 5.10 Å². The molecule has 1 amide bonds. The average Bonchev–Trinajstić information content (AvgIpc) is 3.02. The second kappa shape index (κ2) is 6.72. The molecule has 1 N–H and O–H groups in total. The predicted molar refractivity (Wildman–Crippen MR) is 96.7 cm³/mol. The number of aromatic nitrogens is 2. The zero-order chi connectivity index (χ0) is 18.9. The molecule has 1 aromatic heterocycles. The lowest BCUT2D eigenvalue weighted by Gasteiger charge is -2.03. The third-order valence-electron chi connectivity index (χ3n) is 3.64. The van der Waals surface area contributed by atoms with Crippen LogP contribution >= 0.6 is 0 Å². The van der Waals surface area contributed by atoms with E-state index in [-0.39, 0.29) is 22.4 Å². The molecule has 3 aromatic rings. The predicted octanol–water partition coefficient (Wildman–Crippen LogP) is 3.01. The highest BCUT2D eigenvalue weighted by molar-refractivity contribution is 7.90. The van der Waals surface area contributed by atoms with Crippen LogP contribution in [0.25, 0.3) is 11.5 Å². The highest BCUT2D eigenvalue weighted by atomic mass is 32.2. The van der Waals surface area contributed by atoms with Gasteiger partial charge in [0.1, 0.15) is 0 Å². The van der Waals surface area contributed by atoms with E-state index in [0.29, 0.717) is 0 Å². The van der Waals surface area contributed by atoms with E-state index in [1.54, 1.807) is 0 Å². The number of benzene rings is 2. The highest BCUT2D eigenvalue weighted by Gasteiger charge is 2.15. The molecule has 0 atom stereocenters. The van der Waals surface area contributed by atoms with Crippen LogP contribution < -0.4 is 5.32 Å². The van der Waals surface area contributed by atoms with Crippen LogP contribution in [-0.4, -0.2) is 30.8 Å². The molecule has 0 saturated carbocycles. The van der Waals surface area contributed by atoms with Gasteiger partial charge < -0.3 is 4.42 Å². The number of sulfone groups is 1. The van der Waals surface area contributed by atoms with Crippen molar-refractivity contribution >= 4 is 21.8 Å². The topological polar surface area (TPSA) is 102 Å². The van der Waals surface area contributed by atoms with Crippen LogP contribution in [0.1, 0.15) is 21.5 Å². The van der Waals surface area contributed by atoms with Gasteiger partial charge in [0, 0.05) is 17.4 Å². The lowest BCUT2D eigenvalue weighted by molar-refractivity contribution is 0.102. The van der Waals surface area contributed by atoms with Gasteiger partial charge in [0.25, 0.3) is 5.91 Å². The van der Waals surface area contributed by atoms with Crippen LogP contribution in [0.5, 0.6) is 0 Å². The van der Waals surface area contributed by atoms with Gasteiger partial charge in [0.2, 0.25) is 5.89 Å². The van der Waals surface area contributed by atoms with Crippen molar-refractivity contribution in [1.29, 1.82) is 0 Å². The molecule has 0 aliphatic rings. The number of nitrogens with zero attached hydrogens (tertiary/aromatic N) is 2. The molecule has 0 aliphatic heterocycles. The van der Waals surface area contributed by atoms with E-state index in [1.807, 2.05) is 32.0 Å². The maximum atomic E-state index is 12.3. The van der Waals surface area contributed by atoms with Crippen molar-refractivity contribution in [3.8, 4) is 11.5 Å². The summed E-state index contributed by atoms with van der Waals surface area (Å²) in [6, 6.07) is 11.5. The van der Waals surface area contributed by atoms with Crippen molar-refractivity contribution in [2.24, 2.45) is 0 Å². The summed E-state index contributed by atoms with van der Waals surface area (Å²) < 4.78 is 28.7. The monoisotopic (exact) mass is 371 g/mol. The first kappa shape index (κ1) is 17.8. The largest absolute Gasteiger partial charge is 0.403 e. The Morgan fingerprint density at radius 2 is 1.73 bits per heavy atom. The number of anilines is 1. The number of hydrogen-bond acceptors (Lipinski definition) is 6. The van der Waals surface area contributed by atoms with Gasteiger partial charge in [-0.2, -0.15) is 0 Å². The van der Waals surface area contributed by atoms with Crippen LogP contribution in [-0.2, 0) is 9.84 Å². The third kappa shape index (κ3) is 3.97. The standard InChI is InChI=1S/C18H17N3O4S/c1-11-7-12(2)9-14(8-11)17-20-21-18(25-17)19-16(22)13-5-4-6-15(10-13)26(3,23)24/h4-10H,1-3H3,(H,19,21,22). The van der Waals surface area contributed by atoms with Gasteiger partial charge in [-0.1, -0.05) is 28.4 Å². The Hall–Kier alpha value is -3.00. The van der Waals surface area contributed by atoms with Gasteiger partial charge in [-0.05, 0) is 44.2 Å². The Bertz CT molecular complexity index is 1070. The number of carbonyl (C=O) groups excluding carboxylic acids is 1. The normalized spacial score (nSPS) is 11.3. The zero-order valence-corrected chi connectivity index (χ0v) is 15.3. The van der Waals surface area contributed by atoms with E-state index in [0.717, 1.165) is 22.9 Å². The van der Waals surface area contributed by atoms with E-state index in [2.05, 4.69) is 15.5 Å². The number of aryl methyl sites for hydroxylation is 2. The molecule has 1 heterocycles. The van der Waals surface area contributed by atoms with Gasteiger partial charge in [0.05, 0.1) is 4.90 Å². The van der Waals surface area contributed by atoms with Gasteiger partial charge >= 0.3 is 6.01 Å². The van der Waals surface area contributed by atoms with Crippen LogP contribution in [0.2, 0.25) is 0 Å². The highest BCUT2D eigenvalue weighted by Crippen LogP contribution is 2.23. The Kier molecular flexibility index (Phi) is 4.60. The fourth-order valence-electron chi connectivity index (χ4n) is 2.53. The molecule has 2 aromatic carbocycles. The van der Waals surface area contributed by atoms with Gasteiger partial charge in [-0.25, -0.2) is 8.42 Å². The smallest absolute Gasteiger partial charge is 0.322 e. The second-order valence-corrected chi connectivity index (χ2v) is 8.06. The average molecular weight is 371 g/mol. The van der Waals surface area contributed by atoms with Gasteiger partial charge in [-0.3, -0.25) is 10.1 Å². The van der Waals surface area contributed by atoms with Crippen LogP contribution in [0, 0.1) is 13.8 Å². The Balaban J connectivity index is 1.82. The molecule has 7 nitrogen and oxygen atoms in total. The minimum atomic E-state index is -3.40. The van der Waals surface area contributed by atoms with Crippen molar-refractivity contribution < 1.29 is 17.6 Å². The maximum Gasteiger partial charge on any atom is 0.322 e. The van der Waals surface area contributed by atoms with Crippen LogP contribution in [0.3, 0.4) is 0 Å². The summed E-state index contributed by atoms with van der Waals surface area (Å²) in [7, 11) is -3.40. The maximum absolute atomic E-state index is 12.3. The van der Waals surface area contributed by atoms with E-state index in [1.165, 1.54) is 24.3 Å². The molecule has 0 bridgehead atoms. The summed E-state index contributed by atoms with van der Waals surface area (Å²) in [6.07, 6.45) is 1.08. The first-order valence-electron chi connectivity index (χ1n) is 7.76. The summed E-state index contributed by atoms with van der Waals surface area (Å²) >= 11 is 0. The fourth-order valence-corrected chi connectivity index (χ4v) is 3.19. The molecule has 3 rings (SSSR count). The van der Waals surface area contributed by atoms with Crippen LogP contribution in [0.4, 0.5) is 6.01 Å². The number of nitrogens with one attached hydrogen (secondary N) is 1. The van der Waals surface area contributed by atoms with Crippen LogP contribution in [0.15, 0.2) is 51.8 Å². The van der Waals surface area contributed by atoms with Crippen molar-refractivity contribution in [2.45, 2.75) is 18.7 Å². The van der Waals surface area contributed by atoms with Gasteiger partial charge in [0.15, 0.2) is 9.84 Å². The molecule has 0 aliphatic carbocycles. The Morgan fingerprint density at radius 3 is 2.38 bits per heavy atom. The second-order valence-electron chi connectivity index (χ2n) is 6.04. The molecular formula is C18H17N3O4S. The van der Waals surface area contributed by atoms with E-state index in [4.69, 9.17) is 4.42 Å². The molecule has 0 unspecified atom stereocenters. The summed E-state index contributed by atoms with van der Waals surface area (Å²) in [5.74, 6) is -0.247. The molecule has 0 saturated heterocycles. The molecule has 26 heavy (non-hydrogen) atoms. The third-order valence-corrected chi connectivity index (χ3v) is 4.75. The lowest BCUT2D eigenvalue weighted by Crippen LogP contribution is -2.13. The molecule has 0 radical (unpaired) electrons. The molecule has 8 heteroatoms. The van der Waals surface area contributed by atoms with E-state index in [9.17, 15) is 13.2 Å². The summed E-state index contributed by atoms with van der Waals surface area (Å²) in [6.45, 7) is 3.93. The zero-order valence-electron chi connectivity index (χ0n) is 14.5. The van der Waals surface area contributed by atoms with E-state index < -0.39 is 15.7 Å². The summed E-state index contributed by atoms with van der Waals surface area (Å²) in [5.41, 5.74) is 3.05. The number of amides is 1. The molecule has 134 valence electrons. The Morgan fingerprint density at radius 1 is 1.04 bits per heavy atom. The van der Waals surface area contributed by atoms with Crippen molar-refractivity contribution in [3.05, 3.63) is 59.2 Å². The molecule has 0 fully saturated rings. The number of rotatable bonds is 4. The molecular weight excluding hydrogens is 354 g/mol. The quantitative estimate of drug-likeness (QED) is 0.756. The van der Waals surface area contributed by atoms with E-state index >= 15 is 0 Å². The van der Waals surface area contributed by atoms with Crippen molar-refractivity contribution in [3.63, 3.8) is 0 Å². The Labute approximate surface area is 151 Å². The SMILES string of the molecule is Cc1cc(C)cc(-c2nnc(NC(=O)c3cccc(S(C)(=O)=O)c3)o2)c1. The first-order valence-corrected chi connectivity index (χ1v) is 9.65. The first-order chi connectivity index (χ1) is 12.2. The fraction of sp³-hybridized carbons (Fsp3) is 0.167. The van der Waals surface area contributed by atoms with Crippen molar-refractivity contribution in [1.82, 2.24) is 10.2 Å². The lowest BCUT2D eigenvalue weighted by atomic mass is 10.1. The summed E-state index contributed by atoms with van der Waals surface area (Å²) in [5, 5.41) is 10.2. The minimum absolute atomic E-state index is 0.0612. The number of hydrogen-bond donors (Lipinski definition) is 1. The van der Waals surface area contributed by atoms with Crippen molar-refractivity contribution in [2.75, 3.05) is 11.6 Å². The molecule has 0 spiro atoms. The number of carbonyl (C=O) groups is 1. The minimum Gasteiger partial charge on any atom is -0.403 e.